The van der Waals surface area contributed by atoms with E-state index in [0.717, 1.165) is 42.2 Å². The summed E-state index contributed by atoms with van der Waals surface area (Å²) < 4.78 is 10.7. The van der Waals surface area contributed by atoms with Gasteiger partial charge in [0.15, 0.2) is 6.29 Å². The molecule has 100 valence electrons. The lowest BCUT2D eigenvalue weighted by molar-refractivity contribution is 0.112. The average Bonchev–Trinajstić information content (AvgIpc) is 2.84. The molecule has 3 rings (SSSR count). The van der Waals surface area contributed by atoms with E-state index in [1.807, 2.05) is 0 Å². The molecular formula is C15H17NO3. The number of H-pyrrole nitrogens is 1. The van der Waals surface area contributed by atoms with Crippen LogP contribution >= 0.6 is 0 Å². The molecule has 0 aliphatic heterocycles. The van der Waals surface area contributed by atoms with E-state index in [0.29, 0.717) is 11.3 Å². The Morgan fingerprint density at radius 2 is 1.89 bits per heavy atom. The van der Waals surface area contributed by atoms with E-state index in [-0.39, 0.29) is 0 Å². The number of aryl methyl sites for hydroxylation is 2. The number of aromatic amines is 1. The first-order chi connectivity index (χ1) is 9.30. The highest BCUT2D eigenvalue weighted by molar-refractivity contribution is 6.05. The fourth-order valence-corrected chi connectivity index (χ4v) is 3.00. The summed E-state index contributed by atoms with van der Waals surface area (Å²) in [7, 11) is 3.21. The van der Waals surface area contributed by atoms with Gasteiger partial charge in [0.2, 0.25) is 0 Å². The van der Waals surface area contributed by atoms with Gasteiger partial charge in [-0.15, -0.1) is 0 Å². The number of aldehydes is 1. The highest BCUT2D eigenvalue weighted by Crippen LogP contribution is 2.39. The Balaban J connectivity index is 2.41. The Hall–Kier alpha value is -1.97. The normalized spacial score (nSPS) is 14.2. The number of carbonyl (C=O) groups is 1. The van der Waals surface area contributed by atoms with Crippen molar-refractivity contribution >= 4 is 17.2 Å². The Labute approximate surface area is 111 Å². The topological polar surface area (TPSA) is 51.3 Å². The van der Waals surface area contributed by atoms with Gasteiger partial charge in [-0.1, -0.05) is 0 Å². The molecule has 1 aromatic carbocycles. The third kappa shape index (κ3) is 1.70. The van der Waals surface area contributed by atoms with Crippen molar-refractivity contribution in [3.8, 4) is 11.5 Å². The smallest absolute Gasteiger partial charge is 0.154 e. The van der Waals surface area contributed by atoms with Crippen molar-refractivity contribution in [1.29, 1.82) is 0 Å². The fraction of sp³-hybridized carbons (Fsp3) is 0.400. The second kappa shape index (κ2) is 4.61. The van der Waals surface area contributed by atoms with Gasteiger partial charge >= 0.3 is 0 Å². The molecule has 0 unspecified atom stereocenters. The van der Waals surface area contributed by atoms with Crippen molar-refractivity contribution in [2.45, 2.75) is 25.7 Å². The summed E-state index contributed by atoms with van der Waals surface area (Å²) in [6, 6.07) is 1.77. The number of hydrogen-bond acceptors (Lipinski definition) is 3. The zero-order valence-corrected chi connectivity index (χ0v) is 11.2. The van der Waals surface area contributed by atoms with Gasteiger partial charge in [-0.05, 0) is 31.2 Å². The van der Waals surface area contributed by atoms with Crippen LogP contribution in [-0.2, 0) is 12.8 Å². The van der Waals surface area contributed by atoms with Gasteiger partial charge in [0.1, 0.15) is 11.5 Å². The van der Waals surface area contributed by atoms with Crippen molar-refractivity contribution in [3.63, 3.8) is 0 Å². The van der Waals surface area contributed by atoms with E-state index in [9.17, 15) is 4.79 Å². The van der Waals surface area contributed by atoms with Crippen LogP contribution in [0.25, 0.3) is 10.9 Å². The van der Waals surface area contributed by atoms with Crippen LogP contribution in [0.4, 0.5) is 0 Å². The quantitative estimate of drug-likeness (QED) is 0.862. The summed E-state index contributed by atoms with van der Waals surface area (Å²) in [6.45, 7) is 0. The van der Waals surface area contributed by atoms with Gasteiger partial charge in [0, 0.05) is 17.1 Å². The molecule has 0 saturated heterocycles. The second-order valence-electron chi connectivity index (χ2n) is 4.85. The molecular weight excluding hydrogens is 242 g/mol. The highest BCUT2D eigenvalue weighted by atomic mass is 16.5. The van der Waals surface area contributed by atoms with Crippen LogP contribution in [0.15, 0.2) is 6.07 Å². The number of methoxy groups -OCH3 is 2. The van der Waals surface area contributed by atoms with Gasteiger partial charge in [-0.2, -0.15) is 0 Å². The lowest BCUT2D eigenvalue weighted by atomic mass is 9.93. The van der Waals surface area contributed by atoms with Crippen molar-refractivity contribution in [2.24, 2.45) is 0 Å². The molecule has 2 aromatic rings. The van der Waals surface area contributed by atoms with E-state index in [4.69, 9.17) is 9.47 Å². The molecule has 0 radical (unpaired) electrons. The van der Waals surface area contributed by atoms with Crippen molar-refractivity contribution in [2.75, 3.05) is 14.2 Å². The van der Waals surface area contributed by atoms with Crippen LogP contribution in [-0.4, -0.2) is 25.5 Å². The molecule has 0 spiro atoms. The first kappa shape index (κ1) is 12.1. The van der Waals surface area contributed by atoms with Gasteiger partial charge in [0.05, 0.1) is 25.3 Å². The Morgan fingerprint density at radius 3 is 2.58 bits per heavy atom. The van der Waals surface area contributed by atoms with Crippen LogP contribution < -0.4 is 9.47 Å². The van der Waals surface area contributed by atoms with Gasteiger partial charge in [-0.25, -0.2) is 0 Å². The SMILES string of the molecule is COc1cc(OC)c2[nH]c3c(c2c1C=O)CCCC3. The van der Waals surface area contributed by atoms with Crippen molar-refractivity contribution in [1.82, 2.24) is 4.98 Å². The zero-order chi connectivity index (χ0) is 13.4. The van der Waals surface area contributed by atoms with Crippen molar-refractivity contribution < 1.29 is 14.3 Å². The summed E-state index contributed by atoms with van der Waals surface area (Å²) in [4.78, 5) is 14.9. The Bertz CT molecular complexity index is 643. The largest absolute Gasteiger partial charge is 0.496 e. The summed E-state index contributed by atoms with van der Waals surface area (Å²) >= 11 is 0. The first-order valence-corrected chi connectivity index (χ1v) is 6.53. The standard InChI is InChI=1S/C15H17NO3/c1-18-12-7-13(19-2)15-14(10(12)8-17)9-5-3-4-6-11(9)16-15/h7-8,16H,3-6H2,1-2H3. The Kier molecular flexibility index (Phi) is 2.93. The predicted octanol–water partition coefficient (Wildman–Crippen LogP) is 2.88. The monoisotopic (exact) mass is 259 g/mol. The fourth-order valence-electron chi connectivity index (χ4n) is 3.00. The third-order valence-electron chi connectivity index (χ3n) is 3.90. The van der Waals surface area contributed by atoms with Gasteiger partial charge < -0.3 is 14.5 Å². The summed E-state index contributed by atoms with van der Waals surface area (Å²) in [5.74, 6) is 1.30. The molecule has 4 nitrogen and oxygen atoms in total. The highest BCUT2D eigenvalue weighted by Gasteiger charge is 2.22. The summed E-state index contributed by atoms with van der Waals surface area (Å²) in [5.41, 5.74) is 4.02. The minimum absolute atomic E-state index is 0.576. The van der Waals surface area contributed by atoms with Crippen LogP contribution in [0, 0.1) is 0 Å². The van der Waals surface area contributed by atoms with E-state index in [1.54, 1.807) is 20.3 Å². The zero-order valence-electron chi connectivity index (χ0n) is 11.2. The maximum atomic E-state index is 11.4. The van der Waals surface area contributed by atoms with E-state index >= 15 is 0 Å². The predicted molar refractivity (Wildman–Crippen MR) is 73.4 cm³/mol. The maximum absolute atomic E-state index is 11.4. The number of carbonyl (C=O) groups excluding carboxylic acids is 1. The van der Waals surface area contributed by atoms with E-state index < -0.39 is 0 Å². The molecule has 0 saturated carbocycles. The van der Waals surface area contributed by atoms with Crippen molar-refractivity contribution in [3.05, 3.63) is 22.9 Å². The number of fused-ring (bicyclic) bond motifs is 3. The summed E-state index contributed by atoms with van der Waals surface area (Å²) in [5, 5.41) is 0.973. The summed E-state index contributed by atoms with van der Waals surface area (Å²) in [6.07, 6.45) is 5.27. The van der Waals surface area contributed by atoms with Crippen LogP contribution in [0.1, 0.15) is 34.5 Å². The molecule has 1 N–H and O–H groups in total. The number of nitrogens with one attached hydrogen (secondary N) is 1. The number of benzene rings is 1. The Morgan fingerprint density at radius 1 is 1.16 bits per heavy atom. The number of ether oxygens (including phenoxy) is 2. The number of hydrogen-bond donors (Lipinski definition) is 1. The maximum Gasteiger partial charge on any atom is 0.154 e. The second-order valence-corrected chi connectivity index (χ2v) is 4.85. The third-order valence-corrected chi connectivity index (χ3v) is 3.90. The number of rotatable bonds is 3. The van der Waals surface area contributed by atoms with Gasteiger partial charge in [-0.3, -0.25) is 4.79 Å². The van der Waals surface area contributed by atoms with Crippen LogP contribution in [0.5, 0.6) is 11.5 Å². The van der Waals surface area contributed by atoms with Crippen LogP contribution in [0.2, 0.25) is 0 Å². The minimum Gasteiger partial charge on any atom is -0.496 e. The molecule has 0 bridgehead atoms. The lowest BCUT2D eigenvalue weighted by Gasteiger charge is -2.12. The molecule has 1 aromatic heterocycles. The molecule has 4 heteroatoms. The lowest BCUT2D eigenvalue weighted by Crippen LogP contribution is -2.01. The molecule has 0 amide bonds. The molecule has 0 fully saturated rings. The van der Waals surface area contributed by atoms with E-state index in [2.05, 4.69) is 4.98 Å². The molecule has 1 aliphatic rings. The molecule has 19 heavy (non-hydrogen) atoms. The van der Waals surface area contributed by atoms with Gasteiger partial charge in [0.25, 0.3) is 0 Å². The molecule has 1 heterocycles. The first-order valence-electron chi connectivity index (χ1n) is 6.53. The number of aromatic nitrogens is 1. The van der Waals surface area contributed by atoms with Crippen LogP contribution in [0.3, 0.4) is 0 Å². The molecule has 0 atom stereocenters. The van der Waals surface area contributed by atoms with E-state index in [1.165, 1.54) is 17.7 Å². The molecule has 1 aliphatic carbocycles. The average molecular weight is 259 g/mol. The minimum atomic E-state index is 0.576.